The van der Waals surface area contributed by atoms with Gasteiger partial charge in [-0.2, -0.15) is 0 Å². The van der Waals surface area contributed by atoms with Crippen molar-refractivity contribution in [1.82, 2.24) is 0 Å². The maximum Gasteiger partial charge on any atom is 0.306 e. The molecule has 0 aromatic carbocycles. The number of carbonyl (C=O) groups excluding carboxylic acids is 2. The average Bonchev–Trinajstić information content (AvgIpc) is 3.36. The molecular formula is C65H106O5. The minimum Gasteiger partial charge on any atom is -0.462 e. The van der Waals surface area contributed by atoms with E-state index in [4.69, 9.17) is 9.47 Å². The molecule has 1 unspecified atom stereocenters. The SMILES string of the molecule is CC/C=C\C/C=C\C/C=C\C/C=C\C/C=C\C/C=C\CCCCCCCCCCCCCCCCCCCCC(=O)OC(CO)COC(=O)CCCCC/C=C\C/C=C\C/C=C\C/C=C\C/C=C\CC. The molecule has 70 heavy (non-hydrogen) atoms. The van der Waals surface area contributed by atoms with E-state index in [0.29, 0.717) is 12.8 Å². The number of hydrogen-bond donors (Lipinski definition) is 1. The van der Waals surface area contributed by atoms with E-state index in [0.717, 1.165) is 116 Å². The molecule has 5 heteroatoms. The van der Waals surface area contributed by atoms with Crippen LogP contribution in [0.5, 0.6) is 0 Å². The molecule has 0 radical (unpaired) electrons. The Morgan fingerprint density at radius 2 is 0.571 bits per heavy atom. The highest BCUT2D eigenvalue weighted by atomic mass is 16.6. The van der Waals surface area contributed by atoms with Gasteiger partial charge >= 0.3 is 11.9 Å². The summed E-state index contributed by atoms with van der Waals surface area (Å²) in [6, 6.07) is 0. The lowest BCUT2D eigenvalue weighted by Gasteiger charge is -2.15. The van der Waals surface area contributed by atoms with E-state index in [1.807, 2.05) is 0 Å². The Balaban J connectivity index is 3.52. The Kier molecular flexibility index (Phi) is 56.0. The van der Waals surface area contributed by atoms with Crippen molar-refractivity contribution in [3.05, 3.63) is 134 Å². The maximum atomic E-state index is 12.3. The van der Waals surface area contributed by atoms with E-state index in [2.05, 4.69) is 148 Å². The lowest BCUT2D eigenvalue weighted by Crippen LogP contribution is -2.28. The molecule has 0 bridgehead atoms. The molecule has 0 heterocycles. The normalized spacial score (nSPS) is 13.2. The molecule has 0 saturated carbocycles. The first-order chi connectivity index (χ1) is 34.6. The quantitative estimate of drug-likeness (QED) is 0.0374. The largest absolute Gasteiger partial charge is 0.462 e. The molecule has 396 valence electrons. The van der Waals surface area contributed by atoms with E-state index >= 15 is 0 Å². The van der Waals surface area contributed by atoms with Gasteiger partial charge in [0, 0.05) is 12.8 Å². The number of ether oxygens (including phenoxy) is 2. The number of aliphatic hydroxyl groups excluding tert-OH is 1. The predicted octanol–water partition coefficient (Wildman–Crippen LogP) is 19.6. The van der Waals surface area contributed by atoms with Crippen molar-refractivity contribution in [2.45, 2.75) is 251 Å². The van der Waals surface area contributed by atoms with Crippen LogP contribution in [0.3, 0.4) is 0 Å². The van der Waals surface area contributed by atoms with Crippen molar-refractivity contribution in [2.75, 3.05) is 13.2 Å². The molecule has 1 N–H and O–H groups in total. The molecule has 0 saturated heterocycles. The van der Waals surface area contributed by atoms with E-state index in [9.17, 15) is 14.7 Å². The minimum absolute atomic E-state index is 0.0884. The molecule has 0 aliphatic rings. The molecule has 0 aromatic rings. The maximum absolute atomic E-state index is 12.3. The molecule has 1 atom stereocenters. The molecular weight excluding hydrogens is 861 g/mol. The summed E-state index contributed by atoms with van der Waals surface area (Å²) in [4.78, 5) is 24.5. The van der Waals surface area contributed by atoms with E-state index in [1.165, 1.54) is 103 Å². The minimum atomic E-state index is -0.794. The Hall–Kier alpha value is -3.96. The van der Waals surface area contributed by atoms with Gasteiger partial charge in [0.05, 0.1) is 6.61 Å². The molecule has 0 amide bonds. The van der Waals surface area contributed by atoms with Crippen molar-refractivity contribution in [3.8, 4) is 0 Å². The van der Waals surface area contributed by atoms with Crippen LogP contribution >= 0.6 is 0 Å². The number of esters is 2. The highest BCUT2D eigenvalue weighted by Gasteiger charge is 2.16. The van der Waals surface area contributed by atoms with Crippen LogP contribution in [0.1, 0.15) is 245 Å². The lowest BCUT2D eigenvalue weighted by molar-refractivity contribution is -0.161. The van der Waals surface area contributed by atoms with Crippen molar-refractivity contribution in [1.29, 1.82) is 0 Å². The van der Waals surface area contributed by atoms with Gasteiger partial charge in [0.2, 0.25) is 0 Å². The number of carbonyl (C=O) groups is 2. The summed E-state index contributed by atoms with van der Waals surface area (Å²) in [6.45, 7) is 3.89. The number of allylic oxidation sites excluding steroid dienone is 22. The molecule has 0 aliphatic carbocycles. The van der Waals surface area contributed by atoms with Gasteiger partial charge in [0.15, 0.2) is 6.10 Å². The van der Waals surface area contributed by atoms with Gasteiger partial charge in [-0.25, -0.2) is 0 Å². The van der Waals surface area contributed by atoms with Crippen LogP contribution in [-0.4, -0.2) is 36.4 Å². The van der Waals surface area contributed by atoms with Crippen LogP contribution in [0.4, 0.5) is 0 Å². The standard InChI is InChI=1S/C65H106O5/c1-3-5-7-9-11-13-15-17-19-21-23-24-25-26-27-28-29-30-31-32-33-34-35-36-37-38-39-40-42-44-46-48-50-52-54-56-58-60-65(68)70-63(61-66)62-69-64(67)59-57-55-53-51-49-47-45-43-41-22-20-18-16-14-12-10-8-6-4-2/h5-8,11-14,17-20,23-24,26-27,29-30,41,43,47,49,63,66H,3-4,9-10,15-16,21-22,25,28,31-40,42,44-46,48,50-62H2,1-2H3/b7-5-,8-6-,13-11-,14-12-,19-17-,20-18-,24-23-,27-26-,30-29-,43-41-,49-47-. The Morgan fingerprint density at radius 3 is 0.871 bits per heavy atom. The van der Waals surface area contributed by atoms with Crippen molar-refractivity contribution >= 4 is 11.9 Å². The number of rotatable bonds is 51. The molecule has 5 nitrogen and oxygen atoms in total. The van der Waals surface area contributed by atoms with Crippen molar-refractivity contribution in [2.24, 2.45) is 0 Å². The van der Waals surface area contributed by atoms with Crippen LogP contribution in [0.2, 0.25) is 0 Å². The summed E-state index contributed by atoms with van der Waals surface area (Å²) < 4.78 is 10.7. The van der Waals surface area contributed by atoms with Gasteiger partial charge in [-0.3, -0.25) is 9.59 Å². The van der Waals surface area contributed by atoms with Gasteiger partial charge in [0.1, 0.15) is 6.61 Å². The first-order valence-corrected chi connectivity index (χ1v) is 28.7. The predicted molar refractivity (Wildman–Crippen MR) is 306 cm³/mol. The average molecular weight is 968 g/mol. The summed E-state index contributed by atoms with van der Waals surface area (Å²) in [5.41, 5.74) is 0. The topological polar surface area (TPSA) is 72.8 Å². The first-order valence-electron chi connectivity index (χ1n) is 28.7. The van der Waals surface area contributed by atoms with E-state index in [1.54, 1.807) is 0 Å². The van der Waals surface area contributed by atoms with Gasteiger partial charge in [-0.1, -0.05) is 257 Å². The van der Waals surface area contributed by atoms with Crippen LogP contribution in [0.25, 0.3) is 0 Å². The van der Waals surface area contributed by atoms with E-state index in [-0.39, 0.29) is 25.2 Å². The second-order valence-electron chi connectivity index (χ2n) is 18.6. The zero-order chi connectivity index (χ0) is 50.6. The highest BCUT2D eigenvalue weighted by Crippen LogP contribution is 2.16. The Bertz CT molecular complexity index is 1470. The summed E-state index contributed by atoms with van der Waals surface area (Å²) >= 11 is 0. The molecule has 0 spiro atoms. The summed E-state index contributed by atoms with van der Waals surface area (Å²) in [5.74, 6) is -0.630. The zero-order valence-corrected chi connectivity index (χ0v) is 45.2. The zero-order valence-electron chi connectivity index (χ0n) is 45.2. The fraction of sp³-hybridized carbons (Fsp3) is 0.631. The monoisotopic (exact) mass is 967 g/mol. The Labute approximate surface area is 432 Å². The van der Waals surface area contributed by atoms with Gasteiger partial charge < -0.3 is 14.6 Å². The number of unbranched alkanes of at least 4 members (excludes halogenated alkanes) is 21. The third-order valence-corrected chi connectivity index (χ3v) is 11.9. The molecule has 0 aliphatic heterocycles. The second kappa shape index (κ2) is 59.3. The fourth-order valence-corrected chi connectivity index (χ4v) is 7.70. The summed E-state index contributed by atoms with van der Waals surface area (Å²) in [6.07, 6.45) is 88.6. The van der Waals surface area contributed by atoms with Crippen LogP contribution in [0, 0.1) is 0 Å². The van der Waals surface area contributed by atoms with E-state index < -0.39 is 6.10 Å². The summed E-state index contributed by atoms with van der Waals surface area (Å²) in [5, 5.41) is 9.64. The molecule has 0 rings (SSSR count). The van der Waals surface area contributed by atoms with Gasteiger partial charge in [-0.05, 0) is 109 Å². The fourth-order valence-electron chi connectivity index (χ4n) is 7.70. The van der Waals surface area contributed by atoms with Crippen LogP contribution in [0.15, 0.2) is 134 Å². The van der Waals surface area contributed by atoms with Crippen LogP contribution in [-0.2, 0) is 19.1 Å². The Morgan fingerprint density at radius 1 is 0.329 bits per heavy atom. The third kappa shape index (κ3) is 56.6. The molecule has 0 aromatic heterocycles. The van der Waals surface area contributed by atoms with Crippen LogP contribution < -0.4 is 0 Å². The number of hydrogen-bond acceptors (Lipinski definition) is 5. The lowest BCUT2D eigenvalue weighted by atomic mass is 10.0. The second-order valence-corrected chi connectivity index (χ2v) is 18.6. The number of aliphatic hydroxyl groups is 1. The summed E-state index contributed by atoms with van der Waals surface area (Å²) in [7, 11) is 0. The smallest absolute Gasteiger partial charge is 0.306 e. The van der Waals surface area contributed by atoms with Gasteiger partial charge in [0.25, 0.3) is 0 Å². The molecule has 0 fully saturated rings. The van der Waals surface area contributed by atoms with Crippen molar-refractivity contribution in [3.63, 3.8) is 0 Å². The first kappa shape index (κ1) is 66.0. The van der Waals surface area contributed by atoms with Crippen molar-refractivity contribution < 1.29 is 24.2 Å². The van der Waals surface area contributed by atoms with Gasteiger partial charge in [-0.15, -0.1) is 0 Å². The highest BCUT2D eigenvalue weighted by molar-refractivity contribution is 5.70. The third-order valence-electron chi connectivity index (χ3n) is 11.9.